The molecule has 0 bridgehead atoms. The molecule has 0 spiro atoms. The molecular formula is C38H26. The SMILES string of the molecule is Cc1ccc(C2=c3cc4ccccc4cc3=C3C2=c2cc4ccccc4cc2=C3c2ccc(C)cc2)cc1. The lowest BCUT2D eigenvalue weighted by Gasteiger charge is -2.11. The smallest absolute Gasteiger partial charge is 0.000740 e. The van der Waals surface area contributed by atoms with Gasteiger partial charge in [0.15, 0.2) is 0 Å². The molecule has 0 unspecified atom stereocenters. The number of hydrogen-bond acceptors (Lipinski definition) is 0. The molecule has 6 aromatic rings. The largest absolute Gasteiger partial charge is 0.0616 e. The summed E-state index contributed by atoms with van der Waals surface area (Å²) in [6.07, 6.45) is 0. The van der Waals surface area contributed by atoms with Crippen LogP contribution in [0, 0.1) is 13.8 Å². The van der Waals surface area contributed by atoms with E-state index in [2.05, 4.69) is 135 Å². The summed E-state index contributed by atoms with van der Waals surface area (Å²) in [5, 5.41) is 10.5. The summed E-state index contributed by atoms with van der Waals surface area (Å²) in [6, 6.07) is 45.3. The Morgan fingerprint density at radius 1 is 0.316 bits per heavy atom. The van der Waals surface area contributed by atoms with Gasteiger partial charge in [0, 0.05) is 0 Å². The van der Waals surface area contributed by atoms with Gasteiger partial charge in [-0.3, -0.25) is 0 Å². The van der Waals surface area contributed by atoms with Gasteiger partial charge in [-0.15, -0.1) is 0 Å². The van der Waals surface area contributed by atoms with Crippen molar-refractivity contribution in [1.29, 1.82) is 0 Å². The molecule has 0 heteroatoms. The second-order valence-corrected chi connectivity index (χ2v) is 10.7. The van der Waals surface area contributed by atoms with Gasteiger partial charge in [-0.05, 0) is 114 Å². The average molecular weight is 483 g/mol. The van der Waals surface area contributed by atoms with E-state index in [0.717, 1.165) is 0 Å². The van der Waals surface area contributed by atoms with Crippen molar-refractivity contribution in [3.05, 3.63) is 164 Å². The van der Waals surface area contributed by atoms with E-state index >= 15 is 0 Å². The predicted molar refractivity (Wildman–Crippen MR) is 161 cm³/mol. The van der Waals surface area contributed by atoms with Crippen LogP contribution in [0.4, 0.5) is 0 Å². The molecule has 2 aliphatic rings. The standard InChI is InChI=1S/C38H26/c1-23-11-15-25(16-12-23)35-31-19-27-7-3-5-9-29(27)21-33(31)38-36(26-17-13-24(2)14-18-26)32-20-28-8-4-6-10-30(28)22-34(32)37(35)38/h3-22H,1-2H3. The lowest BCUT2D eigenvalue weighted by Crippen LogP contribution is -2.28. The highest BCUT2D eigenvalue weighted by molar-refractivity contribution is 6.31. The number of rotatable bonds is 2. The second kappa shape index (κ2) is 7.91. The summed E-state index contributed by atoms with van der Waals surface area (Å²) in [5.41, 5.74) is 10.6. The summed E-state index contributed by atoms with van der Waals surface area (Å²) in [6.45, 7) is 4.32. The van der Waals surface area contributed by atoms with Crippen LogP contribution in [0.2, 0.25) is 0 Å². The van der Waals surface area contributed by atoms with Gasteiger partial charge in [-0.1, -0.05) is 108 Å². The normalized spacial score (nSPS) is 13.8. The van der Waals surface area contributed by atoms with Crippen molar-refractivity contribution in [2.45, 2.75) is 13.8 Å². The molecule has 0 amide bonds. The number of hydrogen-bond donors (Lipinski definition) is 0. The molecule has 0 aromatic heterocycles. The maximum absolute atomic E-state index is 2.42. The molecule has 0 saturated carbocycles. The lowest BCUT2D eigenvalue weighted by atomic mass is 9.91. The molecular weight excluding hydrogens is 456 g/mol. The minimum absolute atomic E-state index is 1.28. The Morgan fingerprint density at radius 3 is 0.921 bits per heavy atom. The van der Waals surface area contributed by atoms with Crippen LogP contribution in [0.3, 0.4) is 0 Å². The molecule has 0 radical (unpaired) electrons. The molecule has 0 fully saturated rings. The maximum atomic E-state index is 2.42. The summed E-state index contributed by atoms with van der Waals surface area (Å²) in [7, 11) is 0. The fourth-order valence-electron chi connectivity index (χ4n) is 6.41. The number of benzene rings is 6. The van der Waals surface area contributed by atoms with Crippen LogP contribution in [-0.4, -0.2) is 0 Å². The molecule has 0 nitrogen and oxygen atoms in total. The van der Waals surface area contributed by atoms with Crippen molar-refractivity contribution in [2.24, 2.45) is 0 Å². The lowest BCUT2D eigenvalue weighted by molar-refractivity contribution is 1.44. The fraction of sp³-hybridized carbons (Fsp3) is 0.0526. The summed E-state index contributed by atoms with van der Waals surface area (Å²) >= 11 is 0. The van der Waals surface area contributed by atoms with E-state index in [1.54, 1.807) is 0 Å². The van der Waals surface area contributed by atoms with Crippen molar-refractivity contribution < 1.29 is 0 Å². The molecule has 0 saturated heterocycles. The summed E-state index contributed by atoms with van der Waals surface area (Å²) in [5.74, 6) is 0. The molecule has 6 aromatic carbocycles. The fourth-order valence-corrected chi connectivity index (χ4v) is 6.41. The predicted octanol–water partition coefficient (Wildman–Crippen LogP) is 6.04. The second-order valence-electron chi connectivity index (χ2n) is 10.7. The van der Waals surface area contributed by atoms with Gasteiger partial charge >= 0.3 is 0 Å². The monoisotopic (exact) mass is 482 g/mol. The van der Waals surface area contributed by atoms with E-state index in [1.165, 1.54) is 87.0 Å². The Balaban J connectivity index is 1.63. The first kappa shape index (κ1) is 21.4. The zero-order valence-corrected chi connectivity index (χ0v) is 21.5. The van der Waals surface area contributed by atoms with E-state index in [0.29, 0.717) is 0 Å². The highest BCUT2D eigenvalue weighted by Gasteiger charge is 2.30. The Kier molecular flexibility index (Phi) is 4.46. The van der Waals surface area contributed by atoms with Crippen molar-refractivity contribution in [3.8, 4) is 0 Å². The van der Waals surface area contributed by atoms with Crippen LogP contribution in [0.15, 0.2) is 121 Å². The highest BCUT2D eigenvalue weighted by atomic mass is 14.3. The van der Waals surface area contributed by atoms with Gasteiger partial charge in [0.2, 0.25) is 0 Å². The Bertz CT molecular complexity index is 2050. The quantitative estimate of drug-likeness (QED) is 0.282. The zero-order valence-electron chi connectivity index (χ0n) is 21.5. The van der Waals surface area contributed by atoms with E-state index in [1.807, 2.05) is 0 Å². The first-order valence-corrected chi connectivity index (χ1v) is 13.4. The average Bonchev–Trinajstić information content (AvgIpc) is 3.43. The molecule has 178 valence electrons. The van der Waals surface area contributed by atoms with Crippen LogP contribution in [-0.2, 0) is 0 Å². The van der Waals surface area contributed by atoms with Crippen LogP contribution < -0.4 is 20.9 Å². The van der Waals surface area contributed by atoms with Gasteiger partial charge in [-0.2, -0.15) is 0 Å². The molecule has 0 N–H and O–H groups in total. The van der Waals surface area contributed by atoms with Crippen molar-refractivity contribution in [2.75, 3.05) is 0 Å². The summed E-state index contributed by atoms with van der Waals surface area (Å²) in [4.78, 5) is 0. The number of aryl methyl sites for hydroxylation is 2. The van der Waals surface area contributed by atoms with E-state index in [9.17, 15) is 0 Å². The highest BCUT2D eigenvalue weighted by Crippen LogP contribution is 2.39. The number of fused-ring (bicyclic) bond motifs is 5. The van der Waals surface area contributed by atoms with Crippen LogP contribution in [0.25, 0.3) is 43.8 Å². The maximum Gasteiger partial charge on any atom is -0.000740 e. The van der Waals surface area contributed by atoms with E-state index < -0.39 is 0 Å². The van der Waals surface area contributed by atoms with E-state index in [4.69, 9.17) is 0 Å². The molecule has 2 aliphatic carbocycles. The van der Waals surface area contributed by atoms with E-state index in [-0.39, 0.29) is 0 Å². The zero-order chi connectivity index (χ0) is 25.4. The molecule has 0 heterocycles. The van der Waals surface area contributed by atoms with Gasteiger partial charge in [0.1, 0.15) is 0 Å². The van der Waals surface area contributed by atoms with Crippen LogP contribution >= 0.6 is 0 Å². The van der Waals surface area contributed by atoms with Crippen molar-refractivity contribution in [3.63, 3.8) is 0 Å². The Morgan fingerprint density at radius 2 is 0.605 bits per heavy atom. The van der Waals surface area contributed by atoms with Gasteiger partial charge in [-0.25, -0.2) is 0 Å². The first-order valence-electron chi connectivity index (χ1n) is 13.4. The van der Waals surface area contributed by atoms with Gasteiger partial charge < -0.3 is 0 Å². The van der Waals surface area contributed by atoms with Crippen molar-refractivity contribution >= 4 is 43.8 Å². The molecule has 0 atom stereocenters. The van der Waals surface area contributed by atoms with Gasteiger partial charge in [0.25, 0.3) is 0 Å². The third kappa shape index (κ3) is 3.04. The Labute approximate surface area is 221 Å². The summed E-state index contributed by atoms with van der Waals surface area (Å²) < 4.78 is 0. The topological polar surface area (TPSA) is 0 Å². The van der Waals surface area contributed by atoms with Crippen LogP contribution in [0.5, 0.6) is 0 Å². The van der Waals surface area contributed by atoms with Gasteiger partial charge in [0.05, 0.1) is 0 Å². The van der Waals surface area contributed by atoms with Crippen molar-refractivity contribution in [1.82, 2.24) is 0 Å². The molecule has 38 heavy (non-hydrogen) atoms. The molecule has 0 aliphatic heterocycles. The third-order valence-corrected chi connectivity index (χ3v) is 8.28. The first-order chi connectivity index (χ1) is 18.7. The van der Waals surface area contributed by atoms with Crippen LogP contribution in [0.1, 0.15) is 22.3 Å². The molecule has 8 rings (SSSR count). The third-order valence-electron chi connectivity index (χ3n) is 8.28. The minimum atomic E-state index is 1.28. The minimum Gasteiger partial charge on any atom is -0.0616 e. The Hall–Kier alpha value is -4.68.